The van der Waals surface area contributed by atoms with Gasteiger partial charge in [-0.25, -0.2) is 4.79 Å². The van der Waals surface area contributed by atoms with Crippen molar-refractivity contribution in [2.24, 2.45) is 11.7 Å². The van der Waals surface area contributed by atoms with E-state index in [0.29, 0.717) is 31.6 Å². The molecule has 7 nitrogen and oxygen atoms in total. The number of hydrogen-bond acceptors (Lipinski definition) is 5. The number of thioether (sulfide) groups is 1. The molecule has 4 N–H and O–H groups in total. The molecule has 8 heteroatoms. The number of rotatable bonds is 8. The Morgan fingerprint density at radius 3 is 2.57 bits per heavy atom. The predicted octanol–water partition coefficient (Wildman–Crippen LogP) is 0.283. The van der Waals surface area contributed by atoms with E-state index < -0.39 is 24.1 Å². The largest absolute Gasteiger partial charge is 0.480 e. The average molecular weight is 345 g/mol. The maximum absolute atomic E-state index is 12.7. The van der Waals surface area contributed by atoms with Gasteiger partial charge >= 0.3 is 5.97 Å². The Hall–Kier alpha value is -1.28. The molecule has 0 spiro atoms. The molecule has 0 saturated carbocycles. The maximum Gasteiger partial charge on any atom is 0.326 e. The Bertz CT molecular complexity index is 444. The van der Waals surface area contributed by atoms with Crippen molar-refractivity contribution in [3.8, 4) is 0 Å². The summed E-state index contributed by atoms with van der Waals surface area (Å²) in [7, 11) is 0. The van der Waals surface area contributed by atoms with Crippen LogP contribution in [0.1, 0.15) is 33.1 Å². The van der Waals surface area contributed by atoms with Gasteiger partial charge in [-0.1, -0.05) is 13.8 Å². The van der Waals surface area contributed by atoms with E-state index in [4.69, 9.17) is 5.73 Å². The molecule has 132 valence electrons. The Kier molecular flexibility index (Phi) is 7.84. The highest BCUT2D eigenvalue weighted by Gasteiger charge is 2.37. The van der Waals surface area contributed by atoms with Gasteiger partial charge in [0.1, 0.15) is 12.1 Å². The fourth-order valence-electron chi connectivity index (χ4n) is 2.55. The van der Waals surface area contributed by atoms with Crippen LogP contribution in [0, 0.1) is 5.92 Å². The molecule has 0 unspecified atom stereocenters. The van der Waals surface area contributed by atoms with E-state index in [0.717, 1.165) is 0 Å². The minimum atomic E-state index is -0.996. The molecular formula is C15H27N3O4S. The highest BCUT2D eigenvalue weighted by atomic mass is 32.2. The number of aliphatic carboxylic acids is 1. The van der Waals surface area contributed by atoms with Gasteiger partial charge in [0.05, 0.1) is 6.04 Å². The minimum Gasteiger partial charge on any atom is -0.480 e. The van der Waals surface area contributed by atoms with Crippen LogP contribution in [0.5, 0.6) is 0 Å². The van der Waals surface area contributed by atoms with Crippen molar-refractivity contribution in [1.29, 1.82) is 0 Å². The van der Waals surface area contributed by atoms with Gasteiger partial charge in [0.15, 0.2) is 0 Å². The van der Waals surface area contributed by atoms with Gasteiger partial charge in [0.25, 0.3) is 0 Å². The molecule has 0 aromatic rings. The van der Waals surface area contributed by atoms with Crippen molar-refractivity contribution >= 4 is 29.5 Å². The molecule has 2 amide bonds. The lowest BCUT2D eigenvalue weighted by molar-refractivity contribution is -0.149. The van der Waals surface area contributed by atoms with Gasteiger partial charge in [-0.15, -0.1) is 0 Å². The molecule has 1 aliphatic rings. The first kappa shape index (κ1) is 19.8. The lowest BCUT2D eigenvalue weighted by Crippen LogP contribution is -2.55. The van der Waals surface area contributed by atoms with Gasteiger partial charge < -0.3 is 21.1 Å². The van der Waals surface area contributed by atoms with Crippen LogP contribution in [0.4, 0.5) is 0 Å². The van der Waals surface area contributed by atoms with E-state index in [1.54, 1.807) is 11.8 Å². The molecule has 1 aliphatic heterocycles. The molecule has 0 aliphatic carbocycles. The summed E-state index contributed by atoms with van der Waals surface area (Å²) in [5, 5.41) is 11.9. The number of nitrogens with two attached hydrogens (primary N) is 1. The molecule has 23 heavy (non-hydrogen) atoms. The van der Waals surface area contributed by atoms with E-state index >= 15 is 0 Å². The van der Waals surface area contributed by atoms with E-state index in [2.05, 4.69) is 5.32 Å². The Morgan fingerprint density at radius 2 is 2.04 bits per heavy atom. The second-order valence-electron chi connectivity index (χ2n) is 6.14. The summed E-state index contributed by atoms with van der Waals surface area (Å²) < 4.78 is 0. The zero-order chi connectivity index (χ0) is 17.6. The molecule has 1 saturated heterocycles. The number of amides is 2. The smallest absolute Gasteiger partial charge is 0.326 e. The van der Waals surface area contributed by atoms with E-state index in [1.807, 2.05) is 20.1 Å². The fourth-order valence-corrected chi connectivity index (χ4v) is 3.02. The number of carbonyl (C=O) groups excluding carboxylic acids is 2. The lowest BCUT2D eigenvalue weighted by atomic mass is 10.0. The molecule has 0 aromatic carbocycles. The van der Waals surface area contributed by atoms with Gasteiger partial charge in [0.2, 0.25) is 11.8 Å². The minimum absolute atomic E-state index is 0.0372. The van der Waals surface area contributed by atoms with Gasteiger partial charge in [0, 0.05) is 6.54 Å². The van der Waals surface area contributed by atoms with Crippen molar-refractivity contribution in [2.75, 3.05) is 18.6 Å². The van der Waals surface area contributed by atoms with Crippen molar-refractivity contribution < 1.29 is 19.5 Å². The second-order valence-corrected chi connectivity index (χ2v) is 7.13. The van der Waals surface area contributed by atoms with E-state index in [1.165, 1.54) is 4.90 Å². The summed E-state index contributed by atoms with van der Waals surface area (Å²) in [6.07, 6.45) is 3.49. The summed E-state index contributed by atoms with van der Waals surface area (Å²) in [6.45, 7) is 4.09. The molecule has 3 atom stereocenters. The van der Waals surface area contributed by atoms with E-state index in [-0.39, 0.29) is 17.7 Å². The van der Waals surface area contributed by atoms with Crippen LogP contribution in [0.2, 0.25) is 0 Å². The highest BCUT2D eigenvalue weighted by Crippen LogP contribution is 2.19. The van der Waals surface area contributed by atoms with Crippen molar-refractivity contribution in [3.05, 3.63) is 0 Å². The molecule has 1 rings (SSSR count). The summed E-state index contributed by atoms with van der Waals surface area (Å²) in [6, 6.07) is -2.21. The third-order valence-electron chi connectivity index (χ3n) is 4.07. The molecule has 0 aromatic heterocycles. The third kappa shape index (κ3) is 5.39. The molecule has 1 heterocycles. The van der Waals surface area contributed by atoms with Crippen LogP contribution in [-0.2, 0) is 14.4 Å². The SMILES string of the molecule is CSCC[C@H](NC(=O)[C@@H](N)C(C)C)C(=O)N1CCC[C@@H]1C(=O)O. The first-order valence-corrected chi connectivity index (χ1v) is 9.27. The summed E-state index contributed by atoms with van der Waals surface area (Å²) in [5.74, 6) is -1.03. The zero-order valence-corrected chi connectivity index (χ0v) is 14.8. The quantitative estimate of drug-likeness (QED) is 0.582. The summed E-state index contributed by atoms with van der Waals surface area (Å²) >= 11 is 1.57. The number of carboxylic acids is 1. The van der Waals surface area contributed by atoms with Crippen LogP contribution in [0.3, 0.4) is 0 Å². The number of nitrogens with zero attached hydrogens (tertiary/aromatic N) is 1. The van der Waals surface area contributed by atoms with Crippen LogP contribution in [0.25, 0.3) is 0 Å². The normalized spacial score (nSPS) is 20.4. The summed E-state index contributed by atoms with van der Waals surface area (Å²) in [4.78, 5) is 37.5. The number of hydrogen-bond donors (Lipinski definition) is 3. The predicted molar refractivity (Wildman–Crippen MR) is 90.1 cm³/mol. The number of carboxylic acid groups (broad SMARTS) is 1. The molecule has 1 fully saturated rings. The second kappa shape index (κ2) is 9.12. The van der Waals surface area contributed by atoms with Crippen LogP contribution >= 0.6 is 11.8 Å². The molecule has 0 radical (unpaired) electrons. The number of nitrogens with one attached hydrogen (secondary N) is 1. The Labute approximate surface area is 141 Å². The maximum atomic E-state index is 12.7. The number of carbonyl (C=O) groups is 3. The first-order valence-electron chi connectivity index (χ1n) is 7.87. The molecular weight excluding hydrogens is 318 g/mol. The van der Waals surface area contributed by atoms with Crippen LogP contribution < -0.4 is 11.1 Å². The van der Waals surface area contributed by atoms with Crippen molar-refractivity contribution in [2.45, 2.75) is 51.2 Å². The molecule has 0 bridgehead atoms. The number of likely N-dealkylation sites (tertiary alicyclic amines) is 1. The summed E-state index contributed by atoms with van der Waals surface area (Å²) in [5.41, 5.74) is 5.83. The average Bonchev–Trinajstić information content (AvgIpc) is 2.99. The zero-order valence-electron chi connectivity index (χ0n) is 13.9. The van der Waals surface area contributed by atoms with Gasteiger partial charge in [-0.05, 0) is 37.2 Å². The van der Waals surface area contributed by atoms with Crippen LogP contribution in [-0.4, -0.2) is 64.5 Å². The monoisotopic (exact) mass is 345 g/mol. The van der Waals surface area contributed by atoms with Gasteiger partial charge in [-0.2, -0.15) is 11.8 Å². The fraction of sp³-hybridized carbons (Fsp3) is 0.800. The van der Waals surface area contributed by atoms with Crippen molar-refractivity contribution in [3.63, 3.8) is 0 Å². The third-order valence-corrected chi connectivity index (χ3v) is 4.71. The standard InChI is InChI=1S/C15H27N3O4S/c1-9(2)12(16)13(19)17-10(6-8-23-3)14(20)18-7-4-5-11(18)15(21)22/h9-12H,4-8,16H2,1-3H3,(H,17,19)(H,21,22)/t10-,11+,12-/m0/s1. The van der Waals surface area contributed by atoms with Crippen LogP contribution in [0.15, 0.2) is 0 Å². The first-order chi connectivity index (χ1) is 10.8. The highest BCUT2D eigenvalue weighted by molar-refractivity contribution is 7.98. The topological polar surface area (TPSA) is 113 Å². The van der Waals surface area contributed by atoms with E-state index in [9.17, 15) is 19.5 Å². The van der Waals surface area contributed by atoms with Crippen molar-refractivity contribution in [1.82, 2.24) is 10.2 Å². The lowest BCUT2D eigenvalue weighted by Gasteiger charge is -2.28. The Balaban J connectivity index is 2.82. The van der Waals surface area contributed by atoms with Gasteiger partial charge in [-0.3, -0.25) is 9.59 Å². The Morgan fingerprint density at radius 1 is 1.39 bits per heavy atom.